The summed E-state index contributed by atoms with van der Waals surface area (Å²) in [6.45, 7) is -0.477. The quantitative estimate of drug-likeness (QED) is 0.684. The molecule has 0 unspecified atom stereocenters. The lowest BCUT2D eigenvalue weighted by molar-refractivity contribution is -0.120. The molecule has 0 bridgehead atoms. The van der Waals surface area contributed by atoms with Crippen molar-refractivity contribution >= 4 is 11.8 Å². The lowest BCUT2D eigenvalue weighted by Gasteiger charge is -2.06. The van der Waals surface area contributed by atoms with Crippen molar-refractivity contribution in [2.75, 3.05) is 19.7 Å². The molecule has 0 fully saturated rings. The molecule has 0 aliphatic rings. The van der Waals surface area contributed by atoms with Crippen LogP contribution >= 0.6 is 0 Å². The monoisotopic (exact) mass is 258 g/mol. The molecule has 0 aliphatic carbocycles. The van der Waals surface area contributed by atoms with E-state index >= 15 is 0 Å². The molecule has 0 atom stereocenters. The summed E-state index contributed by atoms with van der Waals surface area (Å²) in [6, 6.07) is 2.37. The van der Waals surface area contributed by atoms with Gasteiger partial charge in [-0.05, 0) is 12.1 Å². The predicted molar refractivity (Wildman–Crippen MR) is 58.8 cm³/mol. The van der Waals surface area contributed by atoms with Crippen LogP contribution in [-0.4, -0.2) is 36.6 Å². The van der Waals surface area contributed by atoms with Gasteiger partial charge in [-0.1, -0.05) is 0 Å². The number of hydrogen-bond donors (Lipinski definition) is 3. The fourth-order valence-electron chi connectivity index (χ4n) is 1.21. The predicted octanol–water partition coefficient (Wildman–Crippen LogP) is -0.197. The van der Waals surface area contributed by atoms with Crippen LogP contribution in [-0.2, 0) is 4.79 Å². The van der Waals surface area contributed by atoms with E-state index in [1.54, 1.807) is 0 Å². The molecule has 98 valence electrons. The van der Waals surface area contributed by atoms with E-state index in [9.17, 15) is 18.4 Å². The van der Waals surface area contributed by atoms with Crippen LogP contribution in [0.5, 0.6) is 0 Å². The number of hydrogen-bond acceptors (Lipinski definition) is 3. The number of carbonyl (C=O) groups excluding carboxylic acids is 2. The first kappa shape index (κ1) is 14.0. The maximum absolute atomic E-state index is 12.8. The van der Waals surface area contributed by atoms with Gasteiger partial charge in [-0.15, -0.1) is 0 Å². The number of amides is 2. The smallest absolute Gasteiger partial charge is 0.251 e. The van der Waals surface area contributed by atoms with Crippen LogP contribution in [0.2, 0.25) is 0 Å². The molecule has 5 nitrogen and oxygen atoms in total. The zero-order chi connectivity index (χ0) is 13.5. The molecule has 0 saturated heterocycles. The molecule has 18 heavy (non-hydrogen) atoms. The second kappa shape index (κ2) is 6.65. The lowest BCUT2D eigenvalue weighted by Crippen LogP contribution is -2.38. The van der Waals surface area contributed by atoms with E-state index in [-0.39, 0.29) is 25.3 Å². The molecule has 7 heteroatoms. The Morgan fingerprint density at radius 3 is 2.28 bits per heavy atom. The van der Waals surface area contributed by atoms with Crippen LogP contribution in [0.1, 0.15) is 10.4 Å². The van der Waals surface area contributed by atoms with E-state index in [1.165, 1.54) is 0 Å². The van der Waals surface area contributed by atoms with Crippen molar-refractivity contribution in [1.29, 1.82) is 0 Å². The van der Waals surface area contributed by atoms with Gasteiger partial charge >= 0.3 is 0 Å². The average Bonchev–Trinajstić information content (AvgIpc) is 2.32. The van der Waals surface area contributed by atoms with Crippen LogP contribution in [0.4, 0.5) is 8.78 Å². The van der Waals surface area contributed by atoms with Crippen molar-refractivity contribution in [3.8, 4) is 0 Å². The first-order valence-corrected chi connectivity index (χ1v) is 5.15. The van der Waals surface area contributed by atoms with E-state index < -0.39 is 23.4 Å². The second-order valence-corrected chi connectivity index (χ2v) is 3.41. The number of halogens is 2. The fraction of sp³-hybridized carbons (Fsp3) is 0.273. The minimum Gasteiger partial charge on any atom is -0.395 e. The Balaban J connectivity index is 2.52. The van der Waals surface area contributed by atoms with Crippen molar-refractivity contribution in [2.24, 2.45) is 0 Å². The minimum absolute atomic E-state index is 0.0727. The molecule has 2 amide bonds. The van der Waals surface area contributed by atoms with Crippen molar-refractivity contribution in [3.63, 3.8) is 0 Å². The van der Waals surface area contributed by atoms with Gasteiger partial charge in [-0.25, -0.2) is 8.78 Å². The number of nitrogens with one attached hydrogen (secondary N) is 2. The summed E-state index contributed by atoms with van der Waals surface area (Å²) < 4.78 is 25.7. The summed E-state index contributed by atoms with van der Waals surface area (Å²) in [5.74, 6) is -3.00. The highest BCUT2D eigenvalue weighted by Crippen LogP contribution is 2.07. The van der Waals surface area contributed by atoms with E-state index in [2.05, 4.69) is 10.6 Å². The Kier molecular flexibility index (Phi) is 5.19. The molecule has 0 spiro atoms. The van der Waals surface area contributed by atoms with Crippen molar-refractivity contribution in [2.45, 2.75) is 0 Å². The van der Waals surface area contributed by atoms with Gasteiger partial charge in [-0.3, -0.25) is 9.59 Å². The number of benzene rings is 1. The van der Waals surface area contributed by atoms with Gasteiger partial charge in [0.15, 0.2) is 0 Å². The highest BCUT2D eigenvalue weighted by Gasteiger charge is 2.10. The van der Waals surface area contributed by atoms with Crippen molar-refractivity contribution in [3.05, 3.63) is 35.4 Å². The number of rotatable bonds is 5. The standard InChI is InChI=1S/C11H12F2N2O3/c12-8-3-7(4-9(13)5-8)11(18)15-6-10(17)14-1-2-16/h3-5,16H,1-2,6H2,(H,14,17)(H,15,18). The molecule has 1 aromatic carbocycles. The molecule has 3 N–H and O–H groups in total. The maximum Gasteiger partial charge on any atom is 0.251 e. The van der Waals surface area contributed by atoms with Gasteiger partial charge in [0.25, 0.3) is 5.91 Å². The van der Waals surface area contributed by atoms with E-state index in [4.69, 9.17) is 5.11 Å². The zero-order valence-corrected chi connectivity index (χ0v) is 9.37. The Hall–Kier alpha value is -2.02. The largest absolute Gasteiger partial charge is 0.395 e. The van der Waals surface area contributed by atoms with Crippen molar-refractivity contribution in [1.82, 2.24) is 10.6 Å². The summed E-state index contributed by atoms with van der Waals surface area (Å²) in [4.78, 5) is 22.5. The Morgan fingerprint density at radius 1 is 1.11 bits per heavy atom. The van der Waals surface area contributed by atoms with E-state index in [1.807, 2.05) is 0 Å². The summed E-state index contributed by atoms with van der Waals surface area (Å²) in [7, 11) is 0. The van der Waals surface area contributed by atoms with Gasteiger partial charge in [-0.2, -0.15) is 0 Å². The van der Waals surface area contributed by atoms with Crippen molar-refractivity contribution < 1.29 is 23.5 Å². The maximum atomic E-state index is 12.8. The van der Waals surface area contributed by atoms with Gasteiger partial charge in [0.1, 0.15) is 11.6 Å². The number of carbonyl (C=O) groups is 2. The molecule has 1 rings (SSSR count). The van der Waals surface area contributed by atoms with Gasteiger partial charge in [0.2, 0.25) is 5.91 Å². The zero-order valence-electron chi connectivity index (χ0n) is 9.37. The van der Waals surface area contributed by atoms with E-state index in [0.717, 1.165) is 12.1 Å². The SMILES string of the molecule is O=C(CNC(=O)c1cc(F)cc(F)c1)NCCO. The van der Waals surface area contributed by atoms with Crippen LogP contribution in [0.3, 0.4) is 0 Å². The first-order valence-electron chi connectivity index (χ1n) is 5.15. The fourth-order valence-corrected chi connectivity index (χ4v) is 1.21. The highest BCUT2D eigenvalue weighted by molar-refractivity contribution is 5.96. The first-order chi connectivity index (χ1) is 8.52. The van der Waals surface area contributed by atoms with Crippen LogP contribution in [0.15, 0.2) is 18.2 Å². The topological polar surface area (TPSA) is 78.4 Å². The normalized spacial score (nSPS) is 9.94. The van der Waals surface area contributed by atoms with Crippen LogP contribution < -0.4 is 10.6 Å². The molecule has 0 aliphatic heterocycles. The Labute approximate surface area is 102 Å². The van der Waals surface area contributed by atoms with Gasteiger partial charge < -0.3 is 15.7 Å². The minimum atomic E-state index is -0.870. The molecule has 0 saturated carbocycles. The molecular weight excluding hydrogens is 246 g/mol. The second-order valence-electron chi connectivity index (χ2n) is 3.41. The lowest BCUT2D eigenvalue weighted by atomic mass is 10.2. The Bertz CT molecular complexity index is 432. The summed E-state index contributed by atoms with van der Waals surface area (Å²) in [5, 5.41) is 13.0. The molecule has 0 radical (unpaired) electrons. The van der Waals surface area contributed by atoms with Gasteiger partial charge in [0.05, 0.1) is 13.2 Å². The highest BCUT2D eigenvalue weighted by atomic mass is 19.1. The summed E-state index contributed by atoms with van der Waals surface area (Å²) in [5.41, 5.74) is -0.206. The molecule has 0 aromatic heterocycles. The summed E-state index contributed by atoms with van der Waals surface area (Å²) in [6.07, 6.45) is 0. The molecule has 1 aromatic rings. The van der Waals surface area contributed by atoms with Crippen LogP contribution in [0.25, 0.3) is 0 Å². The average molecular weight is 258 g/mol. The third-order valence-electron chi connectivity index (χ3n) is 1.97. The van der Waals surface area contributed by atoms with Gasteiger partial charge in [0, 0.05) is 18.2 Å². The van der Waals surface area contributed by atoms with Crippen LogP contribution in [0, 0.1) is 11.6 Å². The number of aliphatic hydroxyl groups excluding tert-OH is 1. The molecule has 0 heterocycles. The van der Waals surface area contributed by atoms with E-state index in [0.29, 0.717) is 6.07 Å². The number of aliphatic hydroxyl groups is 1. The Morgan fingerprint density at radius 2 is 1.72 bits per heavy atom. The third-order valence-corrected chi connectivity index (χ3v) is 1.97. The molecular formula is C11H12F2N2O3. The summed E-state index contributed by atoms with van der Waals surface area (Å²) >= 11 is 0. The third kappa shape index (κ3) is 4.46.